The smallest absolute Gasteiger partial charge is 0.269 e. The van der Waals surface area contributed by atoms with Crippen molar-refractivity contribution in [3.63, 3.8) is 0 Å². The maximum absolute atomic E-state index is 12.0. The van der Waals surface area contributed by atoms with Gasteiger partial charge in [0.15, 0.2) is 5.16 Å². The van der Waals surface area contributed by atoms with Crippen molar-refractivity contribution in [2.75, 3.05) is 12.4 Å². The van der Waals surface area contributed by atoms with Gasteiger partial charge in [-0.25, -0.2) is 9.67 Å². The van der Waals surface area contributed by atoms with E-state index in [9.17, 15) is 14.9 Å². The van der Waals surface area contributed by atoms with Crippen LogP contribution >= 0.6 is 11.8 Å². The third-order valence-electron chi connectivity index (χ3n) is 4.14. The van der Waals surface area contributed by atoms with E-state index in [-0.39, 0.29) is 11.2 Å². The zero-order chi connectivity index (χ0) is 20.9. The van der Waals surface area contributed by atoms with Crippen LogP contribution < -0.4 is 10.3 Å². The number of non-ortho nitro benzene ring substituents is 1. The predicted molar refractivity (Wildman–Crippen MR) is 111 cm³/mol. The summed E-state index contributed by atoms with van der Waals surface area (Å²) in [6, 6.07) is 14.9. The summed E-state index contributed by atoms with van der Waals surface area (Å²) in [5.41, 5.74) is 1.98. The van der Waals surface area contributed by atoms with Gasteiger partial charge in [0.05, 0.1) is 29.3 Å². The van der Waals surface area contributed by atoms with Crippen LogP contribution in [0, 0.1) is 10.1 Å². The molecule has 0 atom stereocenters. The molecule has 0 saturated carbocycles. The summed E-state index contributed by atoms with van der Waals surface area (Å²) in [5, 5.41) is 19.4. The Morgan fingerprint density at radius 1 is 1.17 bits per heavy atom. The van der Waals surface area contributed by atoms with Crippen molar-refractivity contribution in [1.29, 1.82) is 0 Å². The van der Waals surface area contributed by atoms with Crippen LogP contribution in [0.1, 0.15) is 5.69 Å². The lowest BCUT2D eigenvalue weighted by Gasteiger charge is -2.07. The summed E-state index contributed by atoms with van der Waals surface area (Å²) in [4.78, 5) is 29.4. The first-order chi connectivity index (χ1) is 14.6. The molecule has 4 aromatic rings. The monoisotopic (exact) mass is 424 g/mol. The topological polar surface area (TPSA) is 129 Å². The predicted octanol–water partition coefficient (Wildman–Crippen LogP) is 2.64. The van der Waals surface area contributed by atoms with Gasteiger partial charge < -0.3 is 9.72 Å². The van der Waals surface area contributed by atoms with Crippen LogP contribution in [0.4, 0.5) is 5.69 Å². The van der Waals surface area contributed by atoms with Crippen molar-refractivity contribution in [1.82, 2.24) is 25.0 Å². The van der Waals surface area contributed by atoms with E-state index in [0.29, 0.717) is 35.5 Å². The Morgan fingerprint density at radius 3 is 2.77 bits per heavy atom. The lowest BCUT2D eigenvalue weighted by Crippen LogP contribution is -2.13. The highest BCUT2D eigenvalue weighted by atomic mass is 32.2. The number of nitro benzene ring substituents is 1. The number of hydrogen-bond acceptors (Lipinski definition) is 8. The van der Waals surface area contributed by atoms with Gasteiger partial charge in [-0.15, -0.1) is 5.10 Å². The Morgan fingerprint density at radius 2 is 1.97 bits per heavy atom. The molecule has 0 radical (unpaired) electrons. The number of rotatable bonds is 8. The van der Waals surface area contributed by atoms with Crippen molar-refractivity contribution in [2.24, 2.45) is 0 Å². The molecule has 0 saturated heterocycles. The molecule has 4 rings (SSSR count). The van der Waals surface area contributed by atoms with Crippen molar-refractivity contribution in [3.8, 4) is 5.75 Å². The quantitative estimate of drug-likeness (QED) is 0.150. The minimum absolute atomic E-state index is 0.00970. The number of aromatic amines is 1. The van der Waals surface area contributed by atoms with Gasteiger partial charge in [0, 0.05) is 24.0 Å². The molecule has 0 fully saturated rings. The largest absolute Gasteiger partial charge is 0.493 e. The van der Waals surface area contributed by atoms with Gasteiger partial charge >= 0.3 is 0 Å². The van der Waals surface area contributed by atoms with Crippen LogP contribution in [0.3, 0.4) is 0 Å². The molecular formula is C19H16N6O4S. The highest BCUT2D eigenvalue weighted by Gasteiger charge is 2.08. The van der Waals surface area contributed by atoms with Crippen LogP contribution in [0.2, 0.25) is 0 Å². The Hall–Kier alpha value is -3.73. The van der Waals surface area contributed by atoms with Gasteiger partial charge in [0.1, 0.15) is 11.3 Å². The lowest BCUT2D eigenvalue weighted by atomic mass is 10.3. The summed E-state index contributed by atoms with van der Waals surface area (Å²) in [7, 11) is 0. The van der Waals surface area contributed by atoms with Gasteiger partial charge in [0.2, 0.25) is 0 Å². The Labute approximate surface area is 174 Å². The molecule has 0 amide bonds. The van der Waals surface area contributed by atoms with Crippen LogP contribution in [-0.2, 0) is 6.54 Å². The lowest BCUT2D eigenvalue weighted by molar-refractivity contribution is -0.384. The third-order valence-corrected chi connectivity index (χ3v) is 4.98. The zero-order valence-electron chi connectivity index (χ0n) is 15.6. The molecule has 152 valence electrons. The van der Waals surface area contributed by atoms with Crippen LogP contribution in [0.25, 0.3) is 11.0 Å². The van der Waals surface area contributed by atoms with Gasteiger partial charge in [-0.05, 0) is 24.3 Å². The van der Waals surface area contributed by atoms with E-state index in [4.69, 9.17) is 4.74 Å². The summed E-state index contributed by atoms with van der Waals surface area (Å²) < 4.78 is 7.27. The molecule has 10 nitrogen and oxygen atoms in total. The zero-order valence-corrected chi connectivity index (χ0v) is 16.4. The summed E-state index contributed by atoms with van der Waals surface area (Å²) in [6.07, 6.45) is 0. The second-order valence-electron chi connectivity index (χ2n) is 6.23. The number of hydrogen-bond donors (Lipinski definition) is 1. The molecule has 2 heterocycles. The molecule has 11 heteroatoms. The van der Waals surface area contributed by atoms with E-state index in [2.05, 4.69) is 20.3 Å². The average molecular weight is 424 g/mol. The van der Waals surface area contributed by atoms with E-state index >= 15 is 0 Å². The van der Waals surface area contributed by atoms with Gasteiger partial charge in [-0.2, -0.15) is 0 Å². The Kier molecular flexibility index (Phi) is 5.70. The number of benzene rings is 2. The fourth-order valence-electron chi connectivity index (χ4n) is 2.78. The normalized spacial score (nSPS) is 10.9. The van der Waals surface area contributed by atoms with Crippen molar-refractivity contribution < 1.29 is 9.66 Å². The molecule has 0 spiro atoms. The van der Waals surface area contributed by atoms with E-state index in [1.807, 2.05) is 24.3 Å². The summed E-state index contributed by atoms with van der Waals surface area (Å²) in [6.45, 7) is 0.682. The number of fused-ring (bicyclic) bond motifs is 1. The number of nitrogens with zero attached hydrogens (tertiary/aromatic N) is 5. The maximum atomic E-state index is 12.0. The van der Waals surface area contributed by atoms with Crippen LogP contribution in [0.5, 0.6) is 5.75 Å². The van der Waals surface area contributed by atoms with E-state index in [1.54, 1.807) is 16.8 Å². The molecule has 1 N–H and O–H groups in total. The number of para-hydroxylation sites is 1. The van der Waals surface area contributed by atoms with Gasteiger partial charge in [0.25, 0.3) is 11.2 Å². The summed E-state index contributed by atoms with van der Waals surface area (Å²) >= 11 is 1.35. The Bertz CT molecular complexity index is 1240. The molecule has 0 aliphatic carbocycles. The SMILES string of the molecule is O=c1cc(Cn2nnc3ccccc32)nc(SCCOc2ccc([N+](=O)[O-])cc2)[nH]1. The van der Waals surface area contributed by atoms with Gasteiger partial charge in [-0.1, -0.05) is 29.1 Å². The molecule has 2 aromatic carbocycles. The van der Waals surface area contributed by atoms with Crippen molar-refractivity contribution in [2.45, 2.75) is 11.7 Å². The molecule has 0 unspecified atom stereocenters. The van der Waals surface area contributed by atoms with Gasteiger partial charge in [-0.3, -0.25) is 14.9 Å². The number of nitrogens with one attached hydrogen (secondary N) is 1. The van der Waals surface area contributed by atoms with Crippen LogP contribution in [0.15, 0.2) is 64.5 Å². The molecular weight excluding hydrogens is 408 g/mol. The highest BCUT2D eigenvalue weighted by molar-refractivity contribution is 7.99. The first kappa shape index (κ1) is 19.6. The fraction of sp³-hybridized carbons (Fsp3) is 0.158. The first-order valence-corrected chi connectivity index (χ1v) is 9.95. The second kappa shape index (κ2) is 8.74. The number of nitro groups is 1. The van der Waals surface area contributed by atoms with Crippen molar-refractivity contribution in [3.05, 3.63) is 80.8 Å². The summed E-state index contributed by atoms with van der Waals surface area (Å²) in [5.74, 6) is 1.07. The van der Waals surface area contributed by atoms with E-state index < -0.39 is 4.92 Å². The third kappa shape index (κ3) is 4.63. The second-order valence-corrected chi connectivity index (χ2v) is 7.31. The molecule has 0 aliphatic rings. The number of ether oxygens (including phenoxy) is 1. The Balaban J connectivity index is 1.36. The number of thioether (sulfide) groups is 1. The standard InChI is InChI=1S/C19H16N6O4S/c26-18-11-13(12-24-17-4-2-1-3-16(17)22-23-24)20-19(21-18)30-10-9-29-15-7-5-14(6-8-15)25(27)28/h1-8,11H,9-10,12H2,(H,20,21,26). The first-order valence-electron chi connectivity index (χ1n) is 8.97. The number of H-pyrrole nitrogens is 1. The maximum Gasteiger partial charge on any atom is 0.269 e. The van der Waals surface area contributed by atoms with E-state index in [1.165, 1.54) is 30.0 Å². The minimum Gasteiger partial charge on any atom is -0.493 e. The average Bonchev–Trinajstić information content (AvgIpc) is 3.14. The highest BCUT2D eigenvalue weighted by Crippen LogP contribution is 2.18. The molecule has 0 bridgehead atoms. The van der Waals surface area contributed by atoms with Crippen LogP contribution in [-0.4, -0.2) is 42.2 Å². The van der Waals surface area contributed by atoms with E-state index in [0.717, 1.165) is 11.0 Å². The minimum atomic E-state index is -0.462. The molecule has 30 heavy (non-hydrogen) atoms. The fourth-order valence-corrected chi connectivity index (χ4v) is 3.50. The molecule has 0 aliphatic heterocycles. The molecule has 2 aromatic heterocycles. The van der Waals surface area contributed by atoms with Crippen molar-refractivity contribution >= 4 is 28.5 Å². The number of aromatic nitrogens is 5.